The number of likely N-dealkylation sites (tertiary alicyclic amines) is 1. The van der Waals surface area contributed by atoms with Crippen molar-refractivity contribution >= 4 is 5.97 Å². The summed E-state index contributed by atoms with van der Waals surface area (Å²) in [5.41, 5.74) is 0.00986. The Morgan fingerprint density at radius 2 is 2.53 bits per heavy atom. The highest BCUT2D eigenvalue weighted by Gasteiger charge is 2.21. The van der Waals surface area contributed by atoms with Crippen molar-refractivity contribution in [3.05, 3.63) is 11.9 Å². The largest absolute Gasteiger partial charge is 0.476 e. The molecule has 1 aromatic heterocycles. The molecule has 0 radical (unpaired) electrons. The van der Waals surface area contributed by atoms with Crippen molar-refractivity contribution in [2.45, 2.75) is 25.4 Å². The third-order valence-corrected chi connectivity index (χ3v) is 2.83. The molecule has 0 aliphatic carbocycles. The first kappa shape index (κ1) is 10.1. The van der Waals surface area contributed by atoms with Crippen LogP contribution in [0.1, 0.15) is 23.3 Å². The highest BCUT2D eigenvalue weighted by atomic mass is 16.4. The quantitative estimate of drug-likeness (QED) is 0.764. The van der Waals surface area contributed by atoms with Gasteiger partial charge in [-0.15, -0.1) is 5.10 Å². The maximum absolute atomic E-state index is 10.6. The van der Waals surface area contributed by atoms with E-state index in [1.165, 1.54) is 12.6 Å². The van der Waals surface area contributed by atoms with Crippen LogP contribution in [0.25, 0.3) is 0 Å². The molecule has 0 spiro atoms. The van der Waals surface area contributed by atoms with Crippen LogP contribution in [0.5, 0.6) is 0 Å². The molecule has 1 saturated heterocycles. The molecule has 0 aromatic carbocycles. The molecule has 1 aliphatic heterocycles. The van der Waals surface area contributed by atoms with Gasteiger partial charge in [0.2, 0.25) is 0 Å². The van der Waals surface area contributed by atoms with Gasteiger partial charge in [0.1, 0.15) is 0 Å². The second-order valence-electron chi connectivity index (χ2n) is 3.91. The molecule has 0 amide bonds. The van der Waals surface area contributed by atoms with Crippen LogP contribution in [0.3, 0.4) is 0 Å². The number of likely N-dealkylation sites (N-methyl/N-ethyl adjacent to an activating group) is 1. The summed E-state index contributed by atoms with van der Waals surface area (Å²) in [5, 5.41) is 16.1. The fourth-order valence-corrected chi connectivity index (χ4v) is 1.91. The van der Waals surface area contributed by atoms with Crippen molar-refractivity contribution < 1.29 is 9.90 Å². The van der Waals surface area contributed by atoms with Crippen LogP contribution < -0.4 is 0 Å². The van der Waals surface area contributed by atoms with Gasteiger partial charge in [-0.05, 0) is 26.4 Å². The second-order valence-corrected chi connectivity index (χ2v) is 3.91. The molecule has 2 heterocycles. The van der Waals surface area contributed by atoms with Gasteiger partial charge in [0.05, 0.1) is 12.7 Å². The van der Waals surface area contributed by atoms with Crippen molar-refractivity contribution in [1.29, 1.82) is 0 Å². The Bertz CT molecular complexity index is 363. The van der Waals surface area contributed by atoms with E-state index in [0.717, 1.165) is 19.5 Å². The number of hydrogen-bond acceptors (Lipinski definition) is 4. The molecular weight excluding hydrogens is 196 g/mol. The molecule has 6 nitrogen and oxygen atoms in total. The van der Waals surface area contributed by atoms with Crippen LogP contribution in [0.4, 0.5) is 0 Å². The monoisotopic (exact) mass is 210 g/mol. The minimum atomic E-state index is -1.03. The van der Waals surface area contributed by atoms with E-state index < -0.39 is 5.97 Å². The molecule has 1 fully saturated rings. The van der Waals surface area contributed by atoms with Gasteiger partial charge in [0, 0.05) is 6.04 Å². The van der Waals surface area contributed by atoms with E-state index in [1.54, 1.807) is 4.68 Å². The van der Waals surface area contributed by atoms with Crippen LogP contribution in [0, 0.1) is 0 Å². The second kappa shape index (κ2) is 3.98. The highest BCUT2D eigenvalue weighted by molar-refractivity contribution is 5.84. The third-order valence-electron chi connectivity index (χ3n) is 2.83. The number of hydrogen-bond donors (Lipinski definition) is 1. The smallest absolute Gasteiger partial charge is 0.358 e. The lowest BCUT2D eigenvalue weighted by atomic mass is 10.2. The van der Waals surface area contributed by atoms with Crippen molar-refractivity contribution in [1.82, 2.24) is 19.9 Å². The number of rotatable bonds is 3. The molecule has 1 atom stereocenters. The fraction of sp³-hybridized carbons (Fsp3) is 0.667. The van der Waals surface area contributed by atoms with Gasteiger partial charge in [0.15, 0.2) is 5.69 Å². The van der Waals surface area contributed by atoms with E-state index >= 15 is 0 Å². The number of carboxylic acids is 1. The van der Waals surface area contributed by atoms with E-state index in [2.05, 4.69) is 22.3 Å². The van der Waals surface area contributed by atoms with E-state index in [1.807, 2.05) is 0 Å². The van der Waals surface area contributed by atoms with E-state index in [4.69, 9.17) is 5.11 Å². The Kier molecular flexibility index (Phi) is 2.68. The van der Waals surface area contributed by atoms with Gasteiger partial charge in [-0.3, -0.25) is 4.68 Å². The number of aromatic nitrogens is 3. The van der Waals surface area contributed by atoms with E-state index in [-0.39, 0.29) is 5.69 Å². The number of aromatic carboxylic acids is 1. The summed E-state index contributed by atoms with van der Waals surface area (Å²) in [7, 11) is 2.08. The summed E-state index contributed by atoms with van der Waals surface area (Å²) in [4.78, 5) is 12.9. The number of carboxylic acid groups (broad SMARTS) is 1. The molecular formula is C9H14N4O2. The Morgan fingerprint density at radius 1 is 1.73 bits per heavy atom. The molecule has 0 unspecified atom stereocenters. The average Bonchev–Trinajstić information content (AvgIpc) is 2.77. The lowest BCUT2D eigenvalue weighted by molar-refractivity contribution is 0.0690. The molecule has 82 valence electrons. The maximum atomic E-state index is 10.6. The standard InChI is InChI=1S/C9H14N4O2/c1-12-4-2-3-7(12)5-13-6-8(9(14)15)10-11-13/h6-7H,2-5H2,1H3,(H,14,15)/t7-/m1/s1. The molecule has 0 bridgehead atoms. The van der Waals surface area contributed by atoms with Gasteiger partial charge >= 0.3 is 5.97 Å². The summed E-state index contributed by atoms with van der Waals surface area (Å²) in [5.74, 6) is -1.03. The Balaban J connectivity index is 2.01. The average molecular weight is 210 g/mol. The summed E-state index contributed by atoms with van der Waals surface area (Å²) in [6, 6.07) is 0.452. The van der Waals surface area contributed by atoms with Gasteiger partial charge in [-0.2, -0.15) is 0 Å². The highest BCUT2D eigenvalue weighted by Crippen LogP contribution is 2.15. The van der Waals surface area contributed by atoms with E-state index in [0.29, 0.717) is 6.04 Å². The third kappa shape index (κ3) is 2.15. The topological polar surface area (TPSA) is 71.2 Å². The van der Waals surface area contributed by atoms with Crippen molar-refractivity contribution in [3.8, 4) is 0 Å². The maximum Gasteiger partial charge on any atom is 0.358 e. The van der Waals surface area contributed by atoms with Crippen molar-refractivity contribution in [2.24, 2.45) is 0 Å². The van der Waals surface area contributed by atoms with Gasteiger partial charge in [0.25, 0.3) is 0 Å². The zero-order chi connectivity index (χ0) is 10.8. The minimum Gasteiger partial charge on any atom is -0.476 e. The van der Waals surface area contributed by atoms with Crippen LogP contribution in [0.15, 0.2) is 6.20 Å². The molecule has 15 heavy (non-hydrogen) atoms. The summed E-state index contributed by atoms with van der Waals surface area (Å²) in [6.45, 7) is 1.82. The summed E-state index contributed by atoms with van der Waals surface area (Å²) in [6.07, 6.45) is 3.81. The lowest BCUT2D eigenvalue weighted by Crippen LogP contribution is -2.29. The van der Waals surface area contributed by atoms with Gasteiger partial charge in [-0.25, -0.2) is 4.79 Å². The Morgan fingerprint density at radius 3 is 3.07 bits per heavy atom. The molecule has 0 saturated carbocycles. The predicted molar refractivity (Wildman–Crippen MR) is 52.6 cm³/mol. The Hall–Kier alpha value is -1.43. The fourth-order valence-electron chi connectivity index (χ4n) is 1.91. The normalized spacial score (nSPS) is 22.1. The molecule has 1 aromatic rings. The number of nitrogens with zero attached hydrogens (tertiary/aromatic N) is 4. The zero-order valence-electron chi connectivity index (χ0n) is 8.63. The molecule has 1 N–H and O–H groups in total. The van der Waals surface area contributed by atoms with Crippen LogP contribution >= 0.6 is 0 Å². The lowest BCUT2D eigenvalue weighted by Gasteiger charge is -2.18. The summed E-state index contributed by atoms with van der Waals surface area (Å²) >= 11 is 0. The molecule has 6 heteroatoms. The van der Waals surface area contributed by atoms with Crippen LogP contribution in [0.2, 0.25) is 0 Å². The molecule has 2 rings (SSSR count). The van der Waals surface area contributed by atoms with Crippen LogP contribution in [-0.4, -0.2) is 50.6 Å². The molecule has 1 aliphatic rings. The minimum absolute atomic E-state index is 0.00986. The zero-order valence-corrected chi connectivity index (χ0v) is 8.63. The summed E-state index contributed by atoms with van der Waals surface area (Å²) < 4.78 is 1.61. The number of carbonyl (C=O) groups is 1. The predicted octanol–water partition coefficient (Wildman–Crippen LogP) is 0.0705. The van der Waals surface area contributed by atoms with Gasteiger partial charge < -0.3 is 10.0 Å². The Labute approximate surface area is 87.5 Å². The first-order chi connectivity index (χ1) is 7.16. The van der Waals surface area contributed by atoms with Crippen LogP contribution in [-0.2, 0) is 6.54 Å². The SMILES string of the molecule is CN1CCC[C@@H]1Cn1cc(C(=O)O)nn1. The van der Waals surface area contributed by atoms with Crippen molar-refractivity contribution in [2.75, 3.05) is 13.6 Å². The van der Waals surface area contributed by atoms with E-state index in [9.17, 15) is 4.79 Å². The van der Waals surface area contributed by atoms with Gasteiger partial charge in [-0.1, -0.05) is 5.21 Å². The first-order valence-corrected chi connectivity index (χ1v) is 5.00. The first-order valence-electron chi connectivity index (χ1n) is 5.00. The van der Waals surface area contributed by atoms with Crippen molar-refractivity contribution in [3.63, 3.8) is 0 Å².